The van der Waals surface area contributed by atoms with Crippen LogP contribution >= 0.6 is 0 Å². The van der Waals surface area contributed by atoms with Gasteiger partial charge in [0.25, 0.3) is 0 Å². The summed E-state index contributed by atoms with van der Waals surface area (Å²) in [6.07, 6.45) is 1.64. The average Bonchev–Trinajstić information content (AvgIpc) is 2.33. The molecule has 0 bridgehead atoms. The highest BCUT2D eigenvalue weighted by atomic mass is 28.3. The van der Waals surface area contributed by atoms with E-state index in [1.165, 1.54) is 6.04 Å². The van der Waals surface area contributed by atoms with Gasteiger partial charge in [-0.3, -0.25) is 4.79 Å². The van der Waals surface area contributed by atoms with Gasteiger partial charge < -0.3 is 5.11 Å². The number of carbonyl (C=O) groups excluding carboxylic acids is 1. The standard InChI is InChI=1S/C16H24O2Si/c1-13(17)15(11-8-12-19(2,3)4)16(18)14-9-6-5-7-10-14/h5-7,9-10,17H,8,11-12H2,1-4H3/b15-13-. The molecule has 1 aromatic rings. The smallest absolute Gasteiger partial charge is 0.192 e. The summed E-state index contributed by atoms with van der Waals surface area (Å²) in [6, 6.07) is 10.3. The zero-order valence-electron chi connectivity index (χ0n) is 12.4. The maximum absolute atomic E-state index is 12.3. The van der Waals surface area contributed by atoms with E-state index < -0.39 is 8.07 Å². The monoisotopic (exact) mass is 276 g/mol. The molecule has 104 valence electrons. The van der Waals surface area contributed by atoms with E-state index in [-0.39, 0.29) is 11.5 Å². The van der Waals surface area contributed by atoms with Crippen molar-refractivity contribution in [3.8, 4) is 0 Å². The van der Waals surface area contributed by atoms with E-state index in [0.717, 1.165) is 6.42 Å². The fourth-order valence-corrected chi connectivity index (χ4v) is 3.26. The molecule has 3 heteroatoms. The highest BCUT2D eigenvalue weighted by Crippen LogP contribution is 2.21. The topological polar surface area (TPSA) is 37.3 Å². The molecule has 0 radical (unpaired) electrons. The Kier molecular flexibility index (Phi) is 5.55. The molecule has 0 amide bonds. The average molecular weight is 276 g/mol. The van der Waals surface area contributed by atoms with Crippen LogP contribution in [0.3, 0.4) is 0 Å². The minimum Gasteiger partial charge on any atom is -0.512 e. The number of Topliss-reactive ketones (excluding diaryl/α,β-unsaturated/α-hetero) is 1. The van der Waals surface area contributed by atoms with Gasteiger partial charge in [-0.1, -0.05) is 62.4 Å². The molecule has 0 unspecified atom stereocenters. The lowest BCUT2D eigenvalue weighted by molar-refractivity contribution is 0.102. The second kappa shape index (κ2) is 6.71. The highest BCUT2D eigenvalue weighted by Gasteiger charge is 2.17. The van der Waals surface area contributed by atoms with Crippen molar-refractivity contribution in [2.75, 3.05) is 0 Å². The van der Waals surface area contributed by atoms with Crippen molar-refractivity contribution < 1.29 is 9.90 Å². The Bertz CT molecular complexity index is 451. The lowest BCUT2D eigenvalue weighted by Gasteiger charge is -2.16. The molecule has 0 aromatic heterocycles. The Hall–Kier alpha value is -1.35. The van der Waals surface area contributed by atoms with Crippen LogP contribution in [0.4, 0.5) is 0 Å². The van der Waals surface area contributed by atoms with Crippen LogP contribution < -0.4 is 0 Å². The van der Waals surface area contributed by atoms with Gasteiger partial charge in [-0.05, 0) is 13.3 Å². The largest absolute Gasteiger partial charge is 0.512 e. The van der Waals surface area contributed by atoms with Crippen molar-refractivity contribution in [1.82, 2.24) is 0 Å². The summed E-state index contributed by atoms with van der Waals surface area (Å²) in [6.45, 7) is 8.56. The second-order valence-corrected chi connectivity index (χ2v) is 11.8. The highest BCUT2D eigenvalue weighted by molar-refractivity contribution is 6.76. The third-order valence-corrected chi connectivity index (χ3v) is 4.95. The van der Waals surface area contributed by atoms with Crippen LogP contribution in [0.1, 0.15) is 30.1 Å². The normalized spacial score (nSPS) is 13.1. The summed E-state index contributed by atoms with van der Waals surface area (Å²) in [5.74, 6) is 0.112. The van der Waals surface area contributed by atoms with Crippen molar-refractivity contribution >= 4 is 13.9 Å². The molecule has 0 spiro atoms. The van der Waals surface area contributed by atoms with Gasteiger partial charge >= 0.3 is 0 Å². The SMILES string of the molecule is C/C(O)=C(\CCC[Si](C)(C)C)C(=O)c1ccccc1. The van der Waals surface area contributed by atoms with Gasteiger partial charge in [-0.25, -0.2) is 0 Å². The first kappa shape index (κ1) is 15.7. The summed E-state index contributed by atoms with van der Waals surface area (Å²) < 4.78 is 0. The summed E-state index contributed by atoms with van der Waals surface area (Å²) >= 11 is 0. The van der Waals surface area contributed by atoms with E-state index in [2.05, 4.69) is 19.6 Å². The lowest BCUT2D eigenvalue weighted by atomic mass is 9.99. The molecule has 1 aromatic carbocycles. The number of aliphatic hydroxyl groups is 1. The maximum Gasteiger partial charge on any atom is 0.192 e. The maximum atomic E-state index is 12.3. The van der Waals surface area contributed by atoms with E-state index in [4.69, 9.17) is 0 Å². The molecule has 0 heterocycles. The van der Waals surface area contributed by atoms with Crippen molar-refractivity contribution in [3.05, 3.63) is 47.2 Å². The number of allylic oxidation sites excluding steroid dienone is 2. The van der Waals surface area contributed by atoms with Gasteiger partial charge in [0.05, 0.1) is 5.76 Å². The Morgan fingerprint density at radius 1 is 1.16 bits per heavy atom. The third kappa shape index (κ3) is 5.43. The predicted octanol–water partition coefficient (Wildman–Crippen LogP) is 4.82. The van der Waals surface area contributed by atoms with E-state index in [0.29, 0.717) is 17.6 Å². The van der Waals surface area contributed by atoms with E-state index in [1.54, 1.807) is 19.1 Å². The zero-order valence-corrected chi connectivity index (χ0v) is 13.4. The van der Waals surface area contributed by atoms with Crippen LogP contribution in [-0.2, 0) is 0 Å². The Balaban J connectivity index is 2.75. The van der Waals surface area contributed by atoms with Crippen molar-refractivity contribution in [2.45, 2.75) is 45.5 Å². The number of hydrogen-bond donors (Lipinski definition) is 1. The van der Waals surface area contributed by atoms with Gasteiger partial charge in [0.2, 0.25) is 0 Å². The first-order valence-electron chi connectivity index (χ1n) is 6.80. The molecule has 0 aliphatic heterocycles. The summed E-state index contributed by atoms with van der Waals surface area (Å²) in [5, 5.41) is 9.74. The number of benzene rings is 1. The van der Waals surface area contributed by atoms with Crippen LogP contribution in [0.15, 0.2) is 41.7 Å². The number of ketones is 1. The molecule has 1 rings (SSSR count). The van der Waals surface area contributed by atoms with Crippen molar-refractivity contribution in [2.24, 2.45) is 0 Å². The predicted molar refractivity (Wildman–Crippen MR) is 83.5 cm³/mol. The number of aliphatic hydroxyl groups excluding tert-OH is 1. The van der Waals surface area contributed by atoms with Gasteiger partial charge in [0, 0.05) is 19.2 Å². The fraction of sp³-hybridized carbons (Fsp3) is 0.438. The molecule has 0 aliphatic rings. The summed E-state index contributed by atoms with van der Waals surface area (Å²) in [4.78, 5) is 12.3. The number of rotatable bonds is 6. The Morgan fingerprint density at radius 2 is 1.74 bits per heavy atom. The molecule has 1 N–H and O–H groups in total. The minimum absolute atomic E-state index is 0.0452. The molecule has 0 saturated heterocycles. The molecular weight excluding hydrogens is 252 g/mol. The van der Waals surface area contributed by atoms with Gasteiger partial charge in [-0.2, -0.15) is 0 Å². The Labute approximate surface area is 117 Å². The molecule has 0 atom stereocenters. The molecule has 0 aliphatic carbocycles. The van der Waals surface area contributed by atoms with Crippen molar-refractivity contribution in [3.63, 3.8) is 0 Å². The quantitative estimate of drug-likeness (QED) is 0.350. The van der Waals surface area contributed by atoms with E-state index >= 15 is 0 Å². The summed E-state index contributed by atoms with van der Waals surface area (Å²) in [7, 11) is -1.09. The molecule has 2 nitrogen and oxygen atoms in total. The zero-order chi connectivity index (χ0) is 14.5. The first-order valence-corrected chi connectivity index (χ1v) is 10.5. The second-order valence-electron chi connectivity index (χ2n) is 6.17. The van der Waals surface area contributed by atoms with Gasteiger partial charge in [0.1, 0.15) is 0 Å². The van der Waals surface area contributed by atoms with Crippen LogP contribution in [-0.4, -0.2) is 19.0 Å². The lowest BCUT2D eigenvalue weighted by Crippen LogP contribution is -2.19. The van der Waals surface area contributed by atoms with Crippen LogP contribution in [0.25, 0.3) is 0 Å². The molecule has 0 saturated carbocycles. The minimum atomic E-state index is -1.09. The summed E-state index contributed by atoms with van der Waals surface area (Å²) in [5.41, 5.74) is 1.21. The number of carbonyl (C=O) groups is 1. The van der Waals surface area contributed by atoms with Crippen molar-refractivity contribution in [1.29, 1.82) is 0 Å². The van der Waals surface area contributed by atoms with Gasteiger partial charge in [0.15, 0.2) is 5.78 Å². The van der Waals surface area contributed by atoms with Crippen LogP contribution in [0, 0.1) is 0 Å². The Morgan fingerprint density at radius 3 is 2.21 bits per heavy atom. The molecule has 0 fully saturated rings. The molecule has 19 heavy (non-hydrogen) atoms. The van der Waals surface area contributed by atoms with E-state index in [9.17, 15) is 9.90 Å². The first-order chi connectivity index (χ1) is 8.81. The molecular formula is C16H24O2Si. The fourth-order valence-electron chi connectivity index (χ4n) is 2.02. The number of hydrogen-bond acceptors (Lipinski definition) is 2. The van der Waals surface area contributed by atoms with Gasteiger partial charge in [-0.15, -0.1) is 0 Å². The van der Waals surface area contributed by atoms with Crippen LogP contribution in [0.2, 0.25) is 25.7 Å². The van der Waals surface area contributed by atoms with E-state index in [1.807, 2.05) is 18.2 Å². The third-order valence-electron chi connectivity index (χ3n) is 3.10. The van der Waals surface area contributed by atoms with Crippen LogP contribution in [0.5, 0.6) is 0 Å².